The predicted octanol–water partition coefficient (Wildman–Crippen LogP) is 4.75. The molecule has 0 aliphatic heterocycles. The summed E-state index contributed by atoms with van der Waals surface area (Å²) in [5.74, 6) is -1.80. The third-order valence-corrected chi connectivity index (χ3v) is 6.98. The number of benzene rings is 3. The van der Waals surface area contributed by atoms with Gasteiger partial charge in [-0.05, 0) is 29.3 Å². The second kappa shape index (κ2) is 8.76. The second-order valence-electron chi connectivity index (χ2n) is 7.29. The SMILES string of the molecule is CS(=O)(=O)c1ccc(CC(=O)N(Cc2ccccc2)c2nc3c(F)cc(F)cc3s2)cc1. The second-order valence-corrected chi connectivity index (χ2v) is 10.3. The van der Waals surface area contributed by atoms with E-state index in [1.54, 1.807) is 12.1 Å². The Labute approximate surface area is 187 Å². The normalized spacial score (nSPS) is 11.6. The van der Waals surface area contributed by atoms with Crippen LogP contribution in [-0.4, -0.2) is 25.6 Å². The molecule has 0 saturated heterocycles. The number of aromatic nitrogens is 1. The number of fused-ring (bicyclic) bond motifs is 1. The van der Waals surface area contributed by atoms with E-state index in [9.17, 15) is 22.0 Å². The van der Waals surface area contributed by atoms with Gasteiger partial charge in [-0.15, -0.1) is 0 Å². The van der Waals surface area contributed by atoms with Crippen LogP contribution in [-0.2, 0) is 27.6 Å². The van der Waals surface area contributed by atoms with Crippen LogP contribution in [0, 0.1) is 11.6 Å². The lowest BCUT2D eigenvalue weighted by molar-refractivity contribution is -0.118. The van der Waals surface area contributed by atoms with Crippen LogP contribution in [0.1, 0.15) is 11.1 Å². The lowest BCUT2D eigenvalue weighted by Gasteiger charge is -2.20. The number of hydrogen-bond acceptors (Lipinski definition) is 5. The summed E-state index contributed by atoms with van der Waals surface area (Å²) in [4.78, 5) is 19.1. The van der Waals surface area contributed by atoms with Gasteiger partial charge in [-0.3, -0.25) is 9.69 Å². The van der Waals surface area contributed by atoms with Gasteiger partial charge in [0.05, 0.1) is 22.6 Å². The van der Waals surface area contributed by atoms with Crippen molar-refractivity contribution in [2.24, 2.45) is 0 Å². The third kappa shape index (κ3) is 4.84. The molecule has 4 rings (SSSR count). The maximum absolute atomic E-state index is 14.2. The fourth-order valence-electron chi connectivity index (χ4n) is 3.21. The van der Waals surface area contributed by atoms with E-state index in [4.69, 9.17) is 0 Å². The molecule has 0 radical (unpaired) electrons. The van der Waals surface area contributed by atoms with Gasteiger partial charge in [0.25, 0.3) is 0 Å². The minimum atomic E-state index is -3.34. The van der Waals surface area contributed by atoms with Gasteiger partial charge in [0.1, 0.15) is 11.3 Å². The van der Waals surface area contributed by atoms with Crippen LogP contribution in [0.2, 0.25) is 0 Å². The van der Waals surface area contributed by atoms with Crippen LogP contribution in [0.3, 0.4) is 0 Å². The van der Waals surface area contributed by atoms with E-state index < -0.39 is 21.5 Å². The van der Waals surface area contributed by atoms with Crippen LogP contribution in [0.5, 0.6) is 0 Å². The summed E-state index contributed by atoms with van der Waals surface area (Å²) < 4.78 is 51.4. The zero-order valence-corrected chi connectivity index (χ0v) is 18.6. The summed E-state index contributed by atoms with van der Waals surface area (Å²) in [5, 5.41) is 0.256. The van der Waals surface area contributed by atoms with Crippen molar-refractivity contribution in [1.29, 1.82) is 0 Å². The number of carbonyl (C=O) groups is 1. The van der Waals surface area contributed by atoms with E-state index in [0.29, 0.717) is 10.3 Å². The molecule has 1 amide bonds. The number of halogens is 2. The number of thiazole rings is 1. The monoisotopic (exact) mass is 472 g/mol. The highest BCUT2D eigenvalue weighted by atomic mass is 32.2. The molecule has 4 aromatic rings. The lowest BCUT2D eigenvalue weighted by Crippen LogP contribution is -2.31. The zero-order chi connectivity index (χ0) is 22.9. The van der Waals surface area contributed by atoms with Crippen molar-refractivity contribution < 1.29 is 22.0 Å². The number of hydrogen-bond donors (Lipinski definition) is 0. The molecule has 0 N–H and O–H groups in total. The Kier molecular flexibility index (Phi) is 6.03. The maximum Gasteiger partial charge on any atom is 0.233 e. The van der Waals surface area contributed by atoms with Crippen LogP contribution in [0.4, 0.5) is 13.9 Å². The van der Waals surface area contributed by atoms with E-state index in [0.717, 1.165) is 29.2 Å². The van der Waals surface area contributed by atoms with Crippen LogP contribution in [0.25, 0.3) is 10.2 Å². The molecule has 0 aliphatic rings. The largest absolute Gasteiger partial charge is 0.283 e. The first-order valence-electron chi connectivity index (χ1n) is 9.59. The van der Waals surface area contributed by atoms with E-state index in [1.165, 1.54) is 23.1 Å². The molecule has 0 spiro atoms. The molecule has 32 heavy (non-hydrogen) atoms. The number of rotatable bonds is 6. The highest BCUT2D eigenvalue weighted by molar-refractivity contribution is 7.90. The van der Waals surface area contributed by atoms with E-state index in [1.807, 2.05) is 30.3 Å². The van der Waals surface area contributed by atoms with E-state index in [-0.39, 0.29) is 34.4 Å². The van der Waals surface area contributed by atoms with Crippen LogP contribution >= 0.6 is 11.3 Å². The average molecular weight is 473 g/mol. The van der Waals surface area contributed by atoms with Crippen molar-refractivity contribution in [2.45, 2.75) is 17.9 Å². The zero-order valence-electron chi connectivity index (χ0n) is 17.0. The number of nitrogens with zero attached hydrogens (tertiary/aromatic N) is 2. The first kappa shape index (κ1) is 22.0. The van der Waals surface area contributed by atoms with Crippen LogP contribution in [0.15, 0.2) is 71.6 Å². The van der Waals surface area contributed by atoms with Gasteiger partial charge in [0.2, 0.25) is 5.91 Å². The molecule has 0 saturated carbocycles. The lowest BCUT2D eigenvalue weighted by atomic mass is 10.1. The van der Waals surface area contributed by atoms with E-state index >= 15 is 0 Å². The fraction of sp³-hybridized carbons (Fsp3) is 0.130. The fourth-order valence-corrected chi connectivity index (χ4v) is 4.87. The van der Waals surface area contributed by atoms with Crippen molar-refractivity contribution in [3.8, 4) is 0 Å². The molecule has 1 heterocycles. The Hall–Kier alpha value is -3.17. The van der Waals surface area contributed by atoms with Gasteiger partial charge in [0, 0.05) is 12.3 Å². The van der Waals surface area contributed by atoms with E-state index in [2.05, 4.69) is 4.98 Å². The van der Waals surface area contributed by atoms with Gasteiger partial charge in [-0.25, -0.2) is 22.2 Å². The molecule has 0 unspecified atom stereocenters. The number of anilines is 1. The predicted molar refractivity (Wildman–Crippen MR) is 120 cm³/mol. The van der Waals surface area contributed by atoms with Crippen molar-refractivity contribution in [2.75, 3.05) is 11.2 Å². The molecule has 3 aromatic carbocycles. The van der Waals surface area contributed by atoms with Gasteiger partial charge < -0.3 is 0 Å². The summed E-state index contributed by atoms with van der Waals surface area (Å²) in [6.45, 7) is 0.199. The van der Waals surface area contributed by atoms with Gasteiger partial charge in [-0.2, -0.15) is 0 Å². The summed E-state index contributed by atoms with van der Waals surface area (Å²) >= 11 is 1.03. The highest BCUT2D eigenvalue weighted by Gasteiger charge is 2.22. The third-order valence-electron chi connectivity index (χ3n) is 4.82. The highest BCUT2D eigenvalue weighted by Crippen LogP contribution is 2.32. The summed E-state index contributed by atoms with van der Waals surface area (Å²) in [7, 11) is -3.34. The Bertz CT molecular complexity index is 1390. The first-order valence-corrected chi connectivity index (χ1v) is 12.3. The average Bonchev–Trinajstić information content (AvgIpc) is 3.16. The molecule has 164 valence electrons. The molecular formula is C23H18F2N2O3S2. The minimum absolute atomic E-state index is 0.00904. The Morgan fingerprint density at radius 3 is 2.34 bits per heavy atom. The smallest absolute Gasteiger partial charge is 0.233 e. The minimum Gasteiger partial charge on any atom is -0.283 e. The number of amides is 1. The maximum atomic E-state index is 14.2. The first-order chi connectivity index (χ1) is 15.2. The van der Waals surface area contributed by atoms with Gasteiger partial charge >= 0.3 is 0 Å². The Morgan fingerprint density at radius 1 is 1.00 bits per heavy atom. The number of sulfone groups is 1. The number of carbonyl (C=O) groups excluding carboxylic acids is 1. The summed E-state index contributed by atoms with van der Waals surface area (Å²) in [6.07, 6.45) is 1.10. The Morgan fingerprint density at radius 2 is 1.69 bits per heavy atom. The molecule has 0 atom stereocenters. The van der Waals surface area contributed by atoms with Crippen molar-refractivity contribution in [3.63, 3.8) is 0 Å². The van der Waals surface area contributed by atoms with Gasteiger partial charge in [0.15, 0.2) is 20.8 Å². The van der Waals surface area contributed by atoms with Crippen molar-refractivity contribution in [3.05, 3.63) is 89.5 Å². The Balaban J connectivity index is 1.68. The van der Waals surface area contributed by atoms with Crippen molar-refractivity contribution in [1.82, 2.24) is 4.98 Å². The summed E-state index contributed by atoms with van der Waals surface area (Å²) in [6, 6.07) is 17.3. The molecular weight excluding hydrogens is 454 g/mol. The molecule has 0 fully saturated rings. The topological polar surface area (TPSA) is 67.3 Å². The standard InChI is InChI=1S/C23H18F2N2O3S2/c1-32(29,30)18-9-7-15(8-10-18)11-21(28)27(14-16-5-3-2-4-6-16)23-26-22-19(25)12-17(24)13-20(22)31-23/h2-10,12-13H,11,14H2,1H3. The quantitative estimate of drug-likeness (QED) is 0.406. The molecule has 5 nitrogen and oxygen atoms in total. The molecule has 1 aromatic heterocycles. The molecule has 9 heteroatoms. The molecule has 0 bridgehead atoms. The van der Waals surface area contributed by atoms with Crippen molar-refractivity contribution >= 4 is 42.4 Å². The molecule has 0 aliphatic carbocycles. The van der Waals surface area contributed by atoms with Crippen LogP contribution < -0.4 is 4.90 Å². The summed E-state index contributed by atoms with van der Waals surface area (Å²) in [5.41, 5.74) is 1.48. The van der Waals surface area contributed by atoms with Gasteiger partial charge in [-0.1, -0.05) is 53.8 Å².